The van der Waals surface area contributed by atoms with Gasteiger partial charge in [-0.2, -0.15) is 20.1 Å². The highest BCUT2D eigenvalue weighted by Crippen LogP contribution is 2.35. The number of hydrazone groups is 1. The lowest BCUT2D eigenvalue weighted by molar-refractivity contribution is 0.303. The third-order valence-corrected chi connectivity index (χ3v) is 8.22. The molecular weight excluding hydrogens is 622 g/mol. The van der Waals surface area contributed by atoms with Crippen LogP contribution >= 0.6 is 31.9 Å². The van der Waals surface area contributed by atoms with E-state index in [9.17, 15) is 0 Å². The van der Waals surface area contributed by atoms with Gasteiger partial charge in [-0.15, -0.1) is 0 Å². The zero-order valence-electron chi connectivity index (χ0n) is 21.5. The smallest absolute Gasteiger partial charge is 0.250 e. The first-order valence-corrected chi connectivity index (χ1v) is 14.9. The lowest BCUT2D eigenvalue weighted by Crippen LogP contribution is -2.25. The van der Waals surface area contributed by atoms with Crippen LogP contribution in [0, 0.1) is 0 Å². The van der Waals surface area contributed by atoms with Crippen molar-refractivity contribution in [2.75, 3.05) is 41.4 Å². The Bertz CT molecular complexity index is 1440. The van der Waals surface area contributed by atoms with Crippen LogP contribution in [0.2, 0.25) is 0 Å². The lowest BCUT2D eigenvalue weighted by Gasteiger charge is -2.20. The predicted molar refractivity (Wildman–Crippen MR) is 164 cm³/mol. The quantitative estimate of drug-likeness (QED) is 0.166. The third kappa shape index (κ3) is 6.01. The highest BCUT2D eigenvalue weighted by Gasteiger charge is 2.21. The van der Waals surface area contributed by atoms with Crippen LogP contribution < -0.4 is 20.0 Å². The first-order valence-electron chi connectivity index (χ1n) is 13.3. The van der Waals surface area contributed by atoms with E-state index in [1.165, 1.54) is 10.8 Å². The van der Waals surface area contributed by atoms with Crippen molar-refractivity contribution in [2.45, 2.75) is 32.3 Å². The number of nitrogens with zero attached hydrogens (tertiary/aromatic N) is 6. The molecule has 0 unspecified atom stereocenters. The number of nitrogens with one attached hydrogen (secondary N) is 1. The van der Waals surface area contributed by atoms with Crippen molar-refractivity contribution in [3.8, 4) is 5.75 Å². The van der Waals surface area contributed by atoms with E-state index in [2.05, 4.69) is 105 Å². The molecule has 1 aromatic heterocycles. The molecule has 39 heavy (non-hydrogen) atoms. The van der Waals surface area contributed by atoms with Crippen molar-refractivity contribution in [1.29, 1.82) is 0 Å². The molecule has 2 aliphatic heterocycles. The van der Waals surface area contributed by atoms with Crippen molar-refractivity contribution in [2.24, 2.45) is 5.10 Å². The van der Waals surface area contributed by atoms with Crippen LogP contribution in [0.3, 0.4) is 0 Å². The van der Waals surface area contributed by atoms with Crippen LogP contribution in [0.1, 0.15) is 36.8 Å². The van der Waals surface area contributed by atoms with Crippen LogP contribution in [0.15, 0.2) is 68.6 Å². The fourth-order valence-electron chi connectivity index (χ4n) is 5.05. The zero-order chi connectivity index (χ0) is 26.6. The van der Waals surface area contributed by atoms with Crippen molar-refractivity contribution in [1.82, 2.24) is 15.0 Å². The van der Waals surface area contributed by atoms with Gasteiger partial charge in [0, 0.05) is 26.2 Å². The summed E-state index contributed by atoms with van der Waals surface area (Å²) in [6, 6.07) is 18.6. The van der Waals surface area contributed by atoms with Gasteiger partial charge < -0.3 is 14.5 Å². The first kappa shape index (κ1) is 26.0. The minimum absolute atomic E-state index is 0.457. The van der Waals surface area contributed by atoms with E-state index in [0.29, 0.717) is 12.6 Å². The zero-order valence-corrected chi connectivity index (χ0v) is 24.7. The summed E-state index contributed by atoms with van der Waals surface area (Å²) in [4.78, 5) is 18.5. The Morgan fingerprint density at radius 1 is 0.821 bits per heavy atom. The van der Waals surface area contributed by atoms with Crippen LogP contribution in [0.25, 0.3) is 10.8 Å². The molecule has 1 N–H and O–H groups in total. The second kappa shape index (κ2) is 11.9. The van der Waals surface area contributed by atoms with Gasteiger partial charge in [0.1, 0.15) is 12.4 Å². The Morgan fingerprint density at radius 3 is 2.10 bits per heavy atom. The number of aromatic nitrogens is 3. The fourth-order valence-corrected chi connectivity index (χ4v) is 6.50. The number of fused-ring (bicyclic) bond motifs is 1. The summed E-state index contributed by atoms with van der Waals surface area (Å²) in [5.41, 5.74) is 5.07. The van der Waals surface area contributed by atoms with E-state index in [0.717, 1.165) is 89.6 Å². The van der Waals surface area contributed by atoms with Crippen molar-refractivity contribution < 1.29 is 4.74 Å². The van der Waals surface area contributed by atoms with Gasteiger partial charge in [-0.25, -0.2) is 5.43 Å². The van der Waals surface area contributed by atoms with Crippen molar-refractivity contribution in [3.63, 3.8) is 0 Å². The van der Waals surface area contributed by atoms with E-state index >= 15 is 0 Å². The van der Waals surface area contributed by atoms with Gasteiger partial charge in [-0.05, 0) is 91.6 Å². The van der Waals surface area contributed by atoms with Crippen LogP contribution in [0.4, 0.5) is 17.8 Å². The molecular formula is C29H29Br2N7O. The minimum atomic E-state index is 0.457. The highest BCUT2D eigenvalue weighted by atomic mass is 79.9. The van der Waals surface area contributed by atoms with Crippen LogP contribution in [-0.4, -0.2) is 47.3 Å². The number of benzene rings is 3. The molecule has 2 saturated heterocycles. The largest absolute Gasteiger partial charge is 0.487 e. The number of rotatable bonds is 8. The summed E-state index contributed by atoms with van der Waals surface area (Å²) < 4.78 is 7.90. The van der Waals surface area contributed by atoms with Crippen molar-refractivity contribution in [3.05, 3.63) is 74.7 Å². The molecule has 8 nitrogen and oxygen atoms in total. The van der Waals surface area contributed by atoms with E-state index < -0.39 is 0 Å². The summed E-state index contributed by atoms with van der Waals surface area (Å²) in [7, 11) is 0. The molecule has 0 amide bonds. The first-order chi connectivity index (χ1) is 19.1. The van der Waals surface area contributed by atoms with Gasteiger partial charge in [0.2, 0.25) is 17.8 Å². The number of hydrogen-bond acceptors (Lipinski definition) is 8. The van der Waals surface area contributed by atoms with Crippen molar-refractivity contribution >= 4 is 66.7 Å². The number of hydrogen-bond donors (Lipinski definition) is 1. The fraction of sp³-hybridized carbons (Fsp3) is 0.310. The molecule has 0 atom stereocenters. The number of ether oxygens (including phenoxy) is 1. The summed E-state index contributed by atoms with van der Waals surface area (Å²) >= 11 is 7.34. The Hall–Kier alpha value is -3.24. The monoisotopic (exact) mass is 649 g/mol. The highest BCUT2D eigenvalue weighted by molar-refractivity contribution is 9.11. The SMILES string of the molecule is Brc1cc(/C=N\Nc2nc(N3CCCC3)nc(N3CCCC3)n2)cc(Br)c1OCc1cccc2ccccc12. The van der Waals surface area contributed by atoms with E-state index in [-0.39, 0.29) is 0 Å². The summed E-state index contributed by atoms with van der Waals surface area (Å²) in [6.07, 6.45) is 6.40. The Balaban J connectivity index is 1.16. The summed E-state index contributed by atoms with van der Waals surface area (Å²) in [5, 5.41) is 6.84. The topological polar surface area (TPSA) is 78.8 Å². The van der Waals surface area contributed by atoms with E-state index in [1.54, 1.807) is 6.21 Å². The molecule has 200 valence electrons. The Morgan fingerprint density at radius 2 is 1.44 bits per heavy atom. The maximum absolute atomic E-state index is 6.22. The molecule has 0 saturated carbocycles. The van der Waals surface area contributed by atoms with Gasteiger partial charge >= 0.3 is 0 Å². The second-order valence-electron chi connectivity index (χ2n) is 9.76. The minimum Gasteiger partial charge on any atom is -0.487 e. The molecule has 2 aliphatic rings. The molecule has 10 heteroatoms. The molecule has 0 aliphatic carbocycles. The second-order valence-corrected chi connectivity index (χ2v) is 11.5. The molecule has 6 rings (SSSR count). The molecule has 4 aromatic rings. The number of halogens is 2. The van der Waals surface area contributed by atoms with Crippen LogP contribution in [0.5, 0.6) is 5.75 Å². The molecule has 0 radical (unpaired) electrons. The molecule has 3 aromatic carbocycles. The molecule has 0 spiro atoms. The molecule has 2 fully saturated rings. The Labute approximate surface area is 244 Å². The predicted octanol–water partition coefficient (Wildman–Crippen LogP) is 6.78. The van der Waals surface area contributed by atoms with Gasteiger partial charge in [-0.3, -0.25) is 0 Å². The van der Waals surface area contributed by atoms with Gasteiger partial charge in [0.15, 0.2) is 0 Å². The van der Waals surface area contributed by atoms with E-state index in [1.807, 2.05) is 12.1 Å². The van der Waals surface area contributed by atoms with Gasteiger partial charge in [0.05, 0.1) is 15.2 Å². The average molecular weight is 651 g/mol. The van der Waals surface area contributed by atoms with Gasteiger partial charge in [-0.1, -0.05) is 42.5 Å². The summed E-state index contributed by atoms with van der Waals surface area (Å²) in [5.74, 6) is 2.65. The molecule has 3 heterocycles. The maximum Gasteiger partial charge on any atom is 0.250 e. The molecule has 0 bridgehead atoms. The number of anilines is 3. The Kier molecular flexibility index (Phi) is 7.92. The van der Waals surface area contributed by atoms with E-state index in [4.69, 9.17) is 9.72 Å². The average Bonchev–Trinajstić information content (AvgIpc) is 3.68. The summed E-state index contributed by atoms with van der Waals surface area (Å²) in [6.45, 7) is 4.37. The van der Waals surface area contributed by atoms with Gasteiger partial charge in [0.25, 0.3) is 0 Å². The maximum atomic E-state index is 6.22. The van der Waals surface area contributed by atoms with Crippen LogP contribution in [-0.2, 0) is 6.61 Å². The third-order valence-electron chi connectivity index (χ3n) is 7.04. The normalized spacial score (nSPS) is 15.5. The standard InChI is InChI=1S/C29H29Br2N7O/c30-24-16-20(17-25(31)26(24)39-19-22-10-7-9-21-8-1-2-11-23(21)22)18-32-36-27-33-28(37-12-3-4-13-37)35-29(34-27)38-14-5-6-15-38/h1-2,7-11,16-18H,3-6,12-15,19H2,(H,33,34,35,36)/b32-18-. The lowest BCUT2D eigenvalue weighted by atomic mass is 10.1.